The molecular formula is C12H10BrClFN3O2. The second kappa shape index (κ2) is 5.49. The zero-order valence-electron chi connectivity index (χ0n) is 10.6. The summed E-state index contributed by atoms with van der Waals surface area (Å²) in [5.74, 6) is -1.83. The molecule has 8 heteroatoms. The molecule has 0 spiro atoms. The third-order valence-electron chi connectivity index (χ3n) is 2.65. The van der Waals surface area contributed by atoms with Gasteiger partial charge in [0.15, 0.2) is 5.69 Å². The van der Waals surface area contributed by atoms with Gasteiger partial charge in [0, 0.05) is 4.47 Å². The molecule has 5 nitrogen and oxygen atoms in total. The predicted octanol–water partition coefficient (Wildman–Crippen LogP) is 3.64. The van der Waals surface area contributed by atoms with Gasteiger partial charge in [-0.2, -0.15) is 0 Å². The number of benzene rings is 1. The number of halogens is 3. The molecule has 0 aliphatic rings. The monoisotopic (exact) mass is 361 g/mol. The molecule has 0 radical (unpaired) electrons. The minimum Gasteiger partial charge on any atom is -0.476 e. The van der Waals surface area contributed by atoms with E-state index in [0.29, 0.717) is 15.9 Å². The van der Waals surface area contributed by atoms with Gasteiger partial charge in [-0.05, 0) is 34.0 Å². The molecule has 0 bridgehead atoms. The zero-order chi connectivity index (χ0) is 15.0. The van der Waals surface area contributed by atoms with Gasteiger partial charge in [0.2, 0.25) is 0 Å². The van der Waals surface area contributed by atoms with Crippen molar-refractivity contribution in [2.75, 3.05) is 0 Å². The average molecular weight is 363 g/mol. The molecule has 0 saturated carbocycles. The Kier molecular flexibility index (Phi) is 4.10. The number of hydrogen-bond acceptors (Lipinski definition) is 3. The van der Waals surface area contributed by atoms with Crippen LogP contribution < -0.4 is 0 Å². The molecule has 1 aromatic heterocycles. The number of rotatable bonds is 3. The van der Waals surface area contributed by atoms with Gasteiger partial charge in [-0.15, -0.1) is 5.10 Å². The Labute approximate surface area is 127 Å². The van der Waals surface area contributed by atoms with E-state index in [0.717, 1.165) is 6.07 Å². The summed E-state index contributed by atoms with van der Waals surface area (Å²) in [6.45, 7) is 3.62. The molecular weight excluding hydrogens is 353 g/mol. The highest BCUT2D eigenvalue weighted by atomic mass is 79.9. The fraction of sp³-hybridized carbons (Fsp3) is 0.250. The van der Waals surface area contributed by atoms with Crippen LogP contribution in [0.5, 0.6) is 0 Å². The topological polar surface area (TPSA) is 68.0 Å². The lowest BCUT2D eigenvalue weighted by Gasteiger charge is -2.13. The second-order valence-electron chi connectivity index (χ2n) is 4.41. The molecule has 0 amide bonds. The van der Waals surface area contributed by atoms with Gasteiger partial charge in [0.25, 0.3) is 0 Å². The van der Waals surface area contributed by atoms with Crippen LogP contribution in [-0.2, 0) is 0 Å². The Bertz CT molecular complexity index is 664. The van der Waals surface area contributed by atoms with E-state index in [4.69, 9.17) is 16.7 Å². The van der Waals surface area contributed by atoms with Crippen molar-refractivity contribution in [1.82, 2.24) is 15.0 Å². The highest BCUT2D eigenvalue weighted by Crippen LogP contribution is 2.32. The first-order valence-electron chi connectivity index (χ1n) is 5.66. The normalized spacial score (nSPS) is 11.1. The Morgan fingerprint density at radius 2 is 2.15 bits per heavy atom. The molecule has 2 rings (SSSR count). The minimum absolute atomic E-state index is 0.112. The van der Waals surface area contributed by atoms with Crippen molar-refractivity contribution in [2.45, 2.75) is 19.8 Å². The Morgan fingerprint density at radius 3 is 2.65 bits per heavy atom. The number of aromatic carboxylic acids is 1. The number of aromatic nitrogens is 3. The standard InChI is InChI=1S/C12H10BrClFN3O2/c1-5(2)10-9(12(19)20)16-17-18(10)11-7(13)3-6(15)4-8(11)14/h3-5H,1-2H3,(H,19,20). The summed E-state index contributed by atoms with van der Waals surface area (Å²) in [4.78, 5) is 11.2. The highest BCUT2D eigenvalue weighted by molar-refractivity contribution is 9.10. The van der Waals surface area contributed by atoms with Crippen LogP contribution in [0.25, 0.3) is 5.69 Å². The molecule has 0 saturated heterocycles. The van der Waals surface area contributed by atoms with Gasteiger partial charge in [-0.25, -0.2) is 13.9 Å². The molecule has 0 atom stereocenters. The first-order valence-corrected chi connectivity index (χ1v) is 6.83. The minimum atomic E-state index is -1.17. The first-order chi connectivity index (χ1) is 9.32. The van der Waals surface area contributed by atoms with Crippen LogP contribution >= 0.6 is 27.5 Å². The predicted molar refractivity (Wildman–Crippen MR) is 75.1 cm³/mol. The Hall–Kier alpha value is -1.47. The van der Waals surface area contributed by atoms with Gasteiger partial charge < -0.3 is 5.11 Å². The Morgan fingerprint density at radius 1 is 1.50 bits per heavy atom. The van der Waals surface area contributed by atoms with Gasteiger partial charge in [-0.3, -0.25) is 0 Å². The van der Waals surface area contributed by atoms with Crippen molar-refractivity contribution in [3.63, 3.8) is 0 Å². The van der Waals surface area contributed by atoms with Crippen molar-refractivity contribution in [3.8, 4) is 5.69 Å². The number of nitrogens with zero attached hydrogens (tertiary/aromatic N) is 3. The molecule has 2 aromatic rings. The van der Waals surface area contributed by atoms with Crippen molar-refractivity contribution in [2.24, 2.45) is 0 Å². The van der Waals surface area contributed by atoms with Gasteiger partial charge >= 0.3 is 5.97 Å². The number of hydrogen-bond donors (Lipinski definition) is 1. The van der Waals surface area contributed by atoms with Crippen LogP contribution in [0.15, 0.2) is 16.6 Å². The van der Waals surface area contributed by atoms with Gasteiger partial charge in [-0.1, -0.05) is 30.7 Å². The largest absolute Gasteiger partial charge is 0.476 e. The van der Waals surface area contributed by atoms with Crippen LogP contribution in [0.4, 0.5) is 4.39 Å². The van der Waals surface area contributed by atoms with E-state index in [2.05, 4.69) is 26.2 Å². The average Bonchev–Trinajstić information content (AvgIpc) is 2.72. The molecule has 1 aromatic carbocycles. The summed E-state index contributed by atoms with van der Waals surface area (Å²) >= 11 is 9.23. The van der Waals surface area contributed by atoms with E-state index in [-0.39, 0.29) is 16.6 Å². The van der Waals surface area contributed by atoms with Crippen molar-refractivity contribution in [1.29, 1.82) is 0 Å². The molecule has 0 aliphatic carbocycles. The van der Waals surface area contributed by atoms with Crippen molar-refractivity contribution >= 4 is 33.5 Å². The fourth-order valence-corrected chi connectivity index (χ4v) is 2.86. The third-order valence-corrected chi connectivity index (χ3v) is 3.54. The molecule has 20 heavy (non-hydrogen) atoms. The number of carbonyl (C=O) groups is 1. The quantitative estimate of drug-likeness (QED) is 0.905. The van der Waals surface area contributed by atoms with E-state index in [1.165, 1.54) is 10.7 Å². The van der Waals surface area contributed by atoms with Crippen molar-refractivity contribution < 1.29 is 14.3 Å². The summed E-state index contributed by atoms with van der Waals surface area (Å²) in [5, 5.41) is 16.7. The summed E-state index contributed by atoms with van der Waals surface area (Å²) in [6.07, 6.45) is 0. The molecule has 0 fully saturated rings. The molecule has 0 unspecified atom stereocenters. The summed E-state index contributed by atoms with van der Waals surface area (Å²) in [6, 6.07) is 2.36. The highest BCUT2D eigenvalue weighted by Gasteiger charge is 2.24. The Balaban J connectivity index is 2.74. The molecule has 1 N–H and O–H groups in total. The van der Waals surface area contributed by atoms with Crippen LogP contribution in [0.2, 0.25) is 5.02 Å². The molecule has 106 valence electrons. The van der Waals surface area contributed by atoms with Crippen LogP contribution in [-0.4, -0.2) is 26.1 Å². The summed E-state index contributed by atoms with van der Waals surface area (Å²) in [7, 11) is 0. The maximum atomic E-state index is 13.3. The number of carboxylic acid groups (broad SMARTS) is 1. The SMILES string of the molecule is CC(C)c1c(C(=O)O)nnn1-c1c(Cl)cc(F)cc1Br. The third kappa shape index (κ3) is 2.55. The lowest BCUT2D eigenvalue weighted by molar-refractivity contribution is 0.0688. The number of carboxylic acids is 1. The smallest absolute Gasteiger partial charge is 0.358 e. The van der Waals surface area contributed by atoms with Crippen LogP contribution in [0, 0.1) is 5.82 Å². The lowest BCUT2D eigenvalue weighted by atomic mass is 10.1. The maximum Gasteiger partial charge on any atom is 0.358 e. The second-order valence-corrected chi connectivity index (χ2v) is 5.67. The van der Waals surface area contributed by atoms with E-state index in [1.54, 1.807) is 0 Å². The van der Waals surface area contributed by atoms with E-state index < -0.39 is 11.8 Å². The van der Waals surface area contributed by atoms with Gasteiger partial charge in [0.1, 0.15) is 5.82 Å². The van der Waals surface area contributed by atoms with E-state index >= 15 is 0 Å². The summed E-state index contributed by atoms with van der Waals surface area (Å²) < 4.78 is 14.9. The van der Waals surface area contributed by atoms with E-state index in [1.807, 2.05) is 13.8 Å². The fourth-order valence-electron chi connectivity index (χ4n) is 1.86. The molecule has 1 heterocycles. The van der Waals surface area contributed by atoms with Crippen molar-refractivity contribution in [3.05, 3.63) is 38.8 Å². The zero-order valence-corrected chi connectivity index (χ0v) is 12.9. The summed E-state index contributed by atoms with van der Waals surface area (Å²) in [5.41, 5.74) is 0.607. The van der Waals surface area contributed by atoms with Crippen LogP contribution in [0.1, 0.15) is 35.9 Å². The first kappa shape index (κ1) is 14.9. The molecule has 0 aliphatic heterocycles. The maximum absolute atomic E-state index is 13.3. The lowest BCUT2D eigenvalue weighted by Crippen LogP contribution is -2.09. The van der Waals surface area contributed by atoms with E-state index in [9.17, 15) is 9.18 Å². The van der Waals surface area contributed by atoms with Crippen LogP contribution in [0.3, 0.4) is 0 Å². The van der Waals surface area contributed by atoms with Gasteiger partial charge in [0.05, 0.1) is 16.4 Å².